The summed E-state index contributed by atoms with van der Waals surface area (Å²) in [7, 11) is 0. The molecular weight excluding hydrogens is 627 g/mol. The van der Waals surface area contributed by atoms with Gasteiger partial charge in [0.15, 0.2) is 17.5 Å². The summed E-state index contributed by atoms with van der Waals surface area (Å²) in [4.78, 5) is 14.8. The van der Waals surface area contributed by atoms with Gasteiger partial charge in [0, 0.05) is 31.3 Å². The summed E-state index contributed by atoms with van der Waals surface area (Å²) in [5.41, 5.74) is 16.2. The second-order valence-electron chi connectivity index (χ2n) is 12.6. The fourth-order valence-corrected chi connectivity index (χ4v) is 8.78. The number of hydrogen-bond acceptors (Lipinski definition) is 4. The van der Waals surface area contributed by atoms with Gasteiger partial charge in [-0.2, -0.15) is 0 Å². The predicted molar refractivity (Wildman–Crippen MR) is 205 cm³/mol. The molecule has 0 saturated heterocycles. The van der Waals surface area contributed by atoms with Crippen molar-refractivity contribution >= 4 is 37.1 Å². The van der Waals surface area contributed by atoms with E-state index in [1.54, 1.807) is 0 Å². The van der Waals surface area contributed by atoms with E-state index in [0.29, 0.717) is 17.5 Å². The first kappa shape index (κ1) is 28.6. The molecule has 2 aromatic heterocycles. The van der Waals surface area contributed by atoms with Gasteiger partial charge in [0.05, 0.1) is 11.0 Å². The molecule has 50 heavy (non-hydrogen) atoms. The molecule has 0 N–H and O–H groups in total. The highest BCUT2D eigenvalue weighted by molar-refractivity contribution is 7.25. The zero-order chi connectivity index (χ0) is 33.1. The third kappa shape index (κ3) is 4.34. The molecule has 0 radical (unpaired) electrons. The van der Waals surface area contributed by atoms with Crippen molar-refractivity contribution in [1.29, 1.82) is 0 Å². The van der Waals surface area contributed by atoms with Gasteiger partial charge in [-0.15, -0.1) is 11.3 Å². The zero-order valence-electron chi connectivity index (χ0n) is 26.8. The van der Waals surface area contributed by atoms with Crippen LogP contribution in [0.15, 0.2) is 175 Å². The SMILES string of the molecule is C1=C=C(c2nc(-c3ccccc3)nc(-c3ccc4sc5cc6c(cc5c4c3)-c3ccccc3C6(c3ccccc3)c3ccccc3)n2)C=CC=1. The molecule has 0 aliphatic heterocycles. The van der Waals surface area contributed by atoms with Crippen LogP contribution in [-0.2, 0) is 5.41 Å². The first-order chi connectivity index (χ1) is 24.8. The lowest BCUT2D eigenvalue weighted by atomic mass is 9.68. The third-order valence-electron chi connectivity index (χ3n) is 9.86. The van der Waals surface area contributed by atoms with Crippen molar-refractivity contribution in [2.24, 2.45) is 0 Å². The molecule has 0 unspecified atom stereocenters. The third-order valence-corrected chi connectivity index (χ3v) is 11.0. The summed E-state index contributed by atoms with van der Waals surface area (Å²) < 4.78 is 2.49. The van der Waals surface area contributed by atoms with Crippen molar-refractivity contribution in [3.05, 3.63) is 203 Å². The maximum atomic E-state index is 5.00. The van der Waals surface area contributed by atoms with E-state index in [0.717, 1.165) is 16.7 Å². The Bertz CT molecular complexity index is 2730. The Morgan fingerprint density at radius 3 is 1.86 bits per heavy atom. The van der Waals surface area contributed by atoms with Crippen LogP contribution in [0, 0.1) is 0 Å². The first-order valence-electron chi connectivity index (χ1n) is 16.7. The summed E-state index contributed by atoms with van der Waals surface area (Å²) in [6.07, 6.45) is 5.73. The Kier molecular flexibility index (Phi) is 6.49. The van der Waals surface area contributed by atoms with E-state index in [4.69, 9.17) is 15.0 Å². The van der Waals surface area contributed by atoms with Crippen LogP contribution in [0.4, 0.5) is 0 Å². The van der Waals surface area contributed by atoms with Crippen molar-refractivity contribution in [3.63, 3.8) is 0 Å². The average molecular weight is 654 g/mol. The number of benzene rings is 6. The largest absolute Gasteiger partial charge is 0.208 e. The molecule has 6 aromatic carbocycles. The van der Waals surface area contributed by atoms with Crippen LogP contribution in [0.25, 0.3) is 59.6 Å². The van der Waals surface area contributed by atoms with Crippen molar-refractivity contribution in [2.45, 2.75) is 5.41 Å². The molecule has 0 spiro atoms. The highest BCUT2D eigenvalue weighted by atomic mass is 32.1. The number of allylic oxidation sites excluding steroid dienone is 4. The Labute approximate surface area is 293 Å². The molecule has 2 aliphatic rings. The molecule has 232 valence electrons. The van der Waals surface area contributed by atoms with Gasteiger partial charge in [0.1, 0.15) is 0 Å². The summed E-state index contributed by atoms with van der Waals surface area (Å²) in [5, 5.41) is 2.43. The van der Waals surface area contributed by atoms with Gasteiger partial charge in [0.2, 0.25) is 0 Å². The number of fused-ring (bicyclic) bond motifs is 6. The van der Waals surface area contributed by atoms with Crippen molar-refractivity contribution in [2.75, 3.05) is 0 Å². The molecule has 2 aliphatic carbocycles. The molecule has 0 atom stereocenters. The van der Waals surface area contributed by atoms with Crippen molar-refractivity contribution < 1.29 is 0 Å². The van der Waals surface area contributed by atoms with Gasteiger partial charge in [-0.05, 0) is 75.9 Å². The van der Waals surface area contributed by atoms with E-state index >= 15 is 0 Å². The molecule has 0 saturated carbocycles. The number of hydrogen-bond donors (Lipinski definition) is 0. The number of aromatic nitrogens is 3. The minimum absolute atomic E-state index is 0.426. The van der Waals surface area contributed by atoms with E-state index < -0.39 is 5.41 Å². The van der Waals surface area contributed by atoms with Gasteiger partial charge in [-0.3, -0.25) is 0 Å². The minimum Gasteiger partial charge on any atom is -0.208 e. The van der Waals surface area contributed by atoms with Crippen LogP contribution < -0.4 is 0 Å². The van der Waals surface area contributed by atoms with E-state index in [1.807, 2.05) is 59.9 Å². The topological polar surface area (TPSA) is 38.7 Å². The Morgan fingerprint density at radius 2 is 1.14 bits per heavy atom. The molecule has 2 heterocycles. The van der Waals surface area contributed by atoms with Crippen LogP contribution in [0.5, 0.6) is 0 Å². The average Bonchev–Trinajstić information content (AvgIpc) is 3.70. The zero-order valence-corrected chi connectivity index (χ0v) is 27.7. The molecule has 0 amide bonds. The first-order valence-corrected chi connectivity index (χ1v) is 17.5. The molecule has 0 bridgehead atoms. The number of nitrogens with zero attached hydrogens (tertiary/aromatic N) is 3. The quantitative estimate of drug-likeness (QED) is 0.174. The highest BCUT2D eigenvalue weighted by Crippen LogP contribution is 2.57. The Hall–Kier alpha value is -6.41. The molecule has 3 nitrogen and oxygen atoms in total. The van der Waals surface area contributed by atoms with Gasteiger partial charge in [-0.1, -0.05) is 133 Å². The van der Waals surface area contributed by atoms with E-state index in [2.05, 4.69) is 127 Å². The van der Waals surface area contributed by atoms with Crippen LogP contribution in [0.3, 0.4) is 0 Å². The summed E-state index contributed by atoms with van der Waals surface area (Å²) in [6.45, 7) is 0. The van der Waals surface area contributed by atoms with Crippen LogP contribution >= 0.6 is 11.3 Å². The Balaban J connectivity index is 1.21. The summed E-state index contributed by atoms with van der Waals surface area (Å²) in [6, 6.07) is 52.4. The normalized spacial score (nSPS) is 13.8. The Morgan fingerprint density at radius 1 is 0.500 bits per heavy atom. The van der Waals surface area contributed by atoms with Crippen molar-refractivity contribution in [3.8, 4) is 33.9 Å². The minimum atomic E-state index is -0.426. The summed E-state index contributed by atoms with van der Waals surface area (Å²) >= 11 is 1.84. The maximum Gasteiger partial charge on any atom is 0.172 e. The fraction of sp³-hybridized carbons (Fsp3) is 0.0217. The fourth-order valence-electron chi connectivity index (χ4n) is 7.68. The molecule has 8 aromatic rings. The predicted octanol–water partition coefficient (Wildman–Crippen LogP) is 11.2. The van der Waals surface area contributed by atoms with Gasteiger partial charge in [-0.25, -0.2) is 15.0 Å². The molecule has 10 rings (SSSR count). The van der Waals surface area contributed by atoms with E-state index in [1.165, 1.54) is 53.6 Å². The van der Waals surface area contributed by atoms with Gasteiger partial charge in [0.25, 0.3) is 0 Å². The monoisotopic (exact) mass is 653 g/mol. The second-order valence-corrected chi connectivity index (χ2v) is 13.7. The van der Waals surface area contributed by atoms with Crippen LogP contribution in [0.1, 0.15) is 28.1 Å². The molecule has 4 heteroatoms. The lowest BCUT2D eigenvalue weighted by Crippen LogP contribution is -2.28. The molecule has 0 fully saturated rings. The number of rotatable bonds is 5. The van der Waals surface area contributed by atoms with Crippen molar-refractivity contribution in [1.82, 2.24) is 15.0 Å². The highest BCUT2D eigenvalue weighted by Gasteiger charge is 2.46. The van der Waals surface area contributed by atoms with Crippen LogP contribution in [-0.4, -0.2) is 15.0 Å². The van der Waals surface area contributed by atoms with E-state index in [9.17, 15) is 0 Å². The van der Waals surface area contributed by atoms with Gasteiger partial charge >= 0.3 is 0 Å². The smallest absolute Gasteiger partial charge is 0.172 e. The van der Waals surface area contributed by atoms with E-state index in [-0.39, 0.29) is 0 Å². The summed E-state index contributed by atoms with van der Waals surface area (Å²) in [5.74, 6) is 1.84. The van der Waals surface area contributed by atoms with Gasteiger partial charge < -0.3 is 0 Å². The maximum absolute atomic E-state index is 5.00. The lowest BCUT2D eigenvalue weighted by Gasteiger charge is -2.33. The lowest BCUT2D eigenvalue weighted by molar-refractivity contribution is 0.770. The number of thiophene rings is 1. The second kappa shape index (κ2) is 11.3. The van der Waals surface area contributed by atoms with Crippen LogP contribution in [0.2, 0.25) is 0 Å². The molecular formula is C46H27N3S. The standard InChI is InChI=1S/C46H27N3S/c1-5-15-30(16-6-1)43-47-44(31-17-7-2-8-18-31)49-45(48-43)32-25-26-41-37(27-32)38-28-36-35-23-13-14-24-39(35)46(33-19-9-3-10-20-33,34-21-11-4-12-22-34)40(36)29-42(38)50-41/h1-7,9-17,19-29H.